The Hall–Kier alpha value is -2.24. The second-order valence-electron chi connectivity index (χ2n) is 6.02. The molecule has 5 nitrogen and oxygen atoms in total. The molecule has 0 unspecified atom stereocenters. The summed E-state index contributed by atoms with van der Waals surface area (Å²) >= 11 is 6.19. The summed E-state index contributed by atoms with van der Waals surface area (Å²) in [7, 11) is 3.21. The largest absolute Gasteiger partial charge is 0.497 e. The third-order valence-electron chi connectivity index (χ3n) is 4.22. The van der Waals surface area contributed by atoms with Crippen molar-refractivity contribution in [3.8, 4) is 11.5 Å². The van der Waals surface area contributed by atoms with Crippen LogP contribution in [-0.4, -0.2) is 26.7 Å². The van der Waals surface area contributed by atoms with Crippen LogP contribution in [0.4, 0.5) is 0 Å². The lowest BCUT2D eigenvalue weighted by Gasteiger charge is -2.20. The molecule has 0 aliphatic rings. The van der Waals surface area contributed by atoms with E-state index < -0.39 is 0 Å². The van der Waals surface area contributed by atoms with Gasteiger partial charge < -0.3 is 20.1 Å². The highest BCUT2D eigenvalue weighted by Crippen LogP contribution is 2.29. The fraction of sp³-hybridized carbons (Fsp3) is 0.350. The van der Waals surface area contributed by atoms with Crippen molar-refractivity contribution in [3.63, 3.8) is 0 Å². The van der Waals surface area contributed by atoms with Crippen LogP contribution >= 0.6 is 11.6 Å². The number of amides is 1. The SMILES string of the molecule is COc1ccc(OC)c([C@@H](C)NC(=O)CN[C@H](C)c2ccccc2Cl)c1. The van der Waals surface area contributed by atoms with Crippen LogP contribution in [0.2, 0.25) is 5.02 Å². The second-order valence-corrected chi connectivity index (χ2v) is 6.43. The Balaban J connectivity index is 1.96. The summed E-state index contributed by atoms with van der Waals surface area (Å²) in [6, 6.07) is 12.9. The topological polar surface area (TPSA) is 59.6 Å². The van der Waals surface area contributed by atoms with Gasteiger partial charge in [-0.1, -0.05) is 29.8 Å². The Morgan fingerprint density at radius 2 is 1.77 bits per heavy atom. The average molecular weight is 377 g/mol. The molecule has 2 aromatic carbocycles. The van der Waals surface area contributed by atoms with Crippen LogP contribution in [0.3, 0.4) is 0 Å². The first-order chi connectivity index (χ1) is 12.5. The predicted molar refractivity (Wildman–Crippen MR) is 104 cm³/mol. The van der Waals surface area contributed by atoms with Gasteiger partial charge in [0.15, 0.2) is 0 Å². The number of rotatable bonds is 8. The monoisotopic (exact) mass is 376 g/mol. The van der Waals surface area contributed by atoms with Gasteiger partial charge in [-0.15, -0.1) is 0 Å². The fourth-order valence-corrected chi connectivity index (χ4v) is 3.03. The van der Waals surface area contributed by atoms with Crippen LogP contribution < -0.4 is 20.1 Å². The highest BCUT2D eigenvalue weighted by Gasteiger charge is 2.16. The van der Waals surface area contributed by atoms with E-state index in [4.69, 9.17) is 21.1 Å². The summed E-state index contributed by atoms with van der Waals surface area (Å²) in [5, 5.41) is 6.85. The van der Waals surface area contributed by atoms with Crippen molar-refractivity contribution < 1.29 is 14.3 Å². The number of nitrogens with one attached hydrogen (secondary N) is 2. The molecule has 0 aliphatic carbocycles. The Morgan fingerprint density at radius 1 is 1.04 bits per heavy atom. The van der Waals surface area contributed by atoms with Crippen molar-refractivity contribution in [2.24, 2.45) is 0 Å². The van der Waals surface area contributed by atoms with Crippen molar-refractivity contribution in [3.05, 3.63) is 58.6 Å². The van der Waals surface area contributed by atoms with Crippen molar-refractivity contribution in [1.82, 2.24) is 10.6 Å². The van der Waals surface area contributed by atoms with Crippen molar-refractivity contribution >= 4 is 17.5 Å². The third kappa shape index (κ3) is 5.13. The van der Waals surface area contributed by atoms with Gasteiger partial charge in [0.05, 0.1) is 26.8 Å². The minimum Gasteiger partial charge on any atom is -0.497 e. The standard InChI is InChI=1S/C20H25ClN2O3/c1-13(16-7-5-6-8-18(16)21)22-12-20(24)23-14(2)17-11-15(25-3)9-10-19(17)26-4/h5-11,13-14,22H,12H2,1-4H3,(H,23,24)/t13-,14-/m1/s1. The van der Waals surface area contributed by atoms with E-state index in [1.807, 2.05) is 56.3 Å². The summed E-state index contributed by atoms with van der Waals surface area (Å²) < 4.78 is 10.6. The van der Waals surface area contributed by atoms with Crippen LogP contribution in [0.25, 0.3) is 0 Å². The number of benzene rings is 2. The molecule has 2 N–H and O–H groups in total. The van der Waals surface area contributed by atoms with Crippen LogP contribution in [0, 0.1) is 0 Å². The number of methoxy groups -OCH3 is 2. The first kappa shape index (κ1) is 20.1. The number of hydrogen-bond donors (Lipinski definition) is 2. The van der Waals surface area contributed by atoms with Crippen LogP contribution in [0.5, 0.6) is 11.5 Å². The van der Waals surface area contributed by atoms with Crippen molar-refractivity contribution in [2.75, 3.05) is 20.8 Å². The van der Waals surface area contributed by atoms with Gasteiger partial charge in [0.1, 0.15) is 11.5 Å². The van der Waals surface area contributed by atoms with Gasteiger partial charge in [0, 0.05) is 16.6 Å². The Morgan fingerprint density at radius 3 is 2.42 bits per heavy atom. The van der Waals surface area contributed by atoms with Crippen LogP contribution in [0.15, 0.2) is 42.5 Å². The number of halogens is 1. The molecule has 0 aromatic heterocycles. The fourth-order valence-electron chi connectivity index (χ4n) is 2.73. The average Bonchev–Trinajstić information content (AvgIpc) is 2.65. The van der Waals surface area contributed by atoms with E-state index in [1.54, 1.807) is 14.2 Å². The lowest BCUT2D eigenvalue weighted by Crippen LogP contribution is -2.36. The van der Waals surface area contributed by atoms with E-state index in [0.717, 1.165) is 11.1 Å². The molecule has 2 rings (SSSR count). The molecule has 0 radical (unpaired) electrons. The first-order valence-corrected chi connectivity index (χ1v) is 8.83. The molecule has 26 heavy (non-hydrogen) atoms. The zero-order chi connectivity index (χ0) is 19.1. The molecule has 2 aromatic rings. The molecule has 0 spiro atoms. The number of hydrogen-bond acceptors (Lipinski definition) is 4. The van der Waals surface area contributed by atoms with Crippen molar-refractivity contribution in [2.45, 2.75) is 25.9 Å². The highest BCUT2D eigenvalue weighted by molar-refractivity contribution is 6.31. The molecular formula is C20H25ClN2O3. The van der Waals surface area contributed by atoms with Gasteiger partial charge in [-0.25, -0.2) is 0 Å². The summed E-state index contributed by atoms with van der Waals surface area (Å²) in [5.74, 6) is 1.31. The highest BCUT2D eigenvalue weighted by atomic mass is 35.5. The van der Waals surface area contributed by atoms with E-state index in [0.29, 0.717) is 16.5 Å². The summed E-state index contributed by atoms with van der Waals surface area (Å²) in [6.07, 6.45) is 0. The van der Waals surface area contributed by atoms with Crippen LogP contribution in [0.1, 0.15) is 37.1 Å². The first-order valence-electron chi connectivity index (χ1n) is 8.45. The summed E-state index contributed by atoms with van der Waals surface area (Å²) in [6.45, 7) is 4.07. The minimum atomic E-state index is -0.218. The normalized spacial score (nSPS) is 13.0. The van der Waals surface area contributed by atoms with E-state index in [9.17, 15) is 4.79 Å². The Labute approximate surface area is 159 Å². The number of carbonyl (C=O) groups is 1. The van der Waals surface area contributed by atoms with E-state index in [2.05, 4.69) is 10.6 Å². The molecule has 1 amide bonds. The lowest BCUT2D eigenvalue weighted by atomic mass is 10.1. The molecule has 0 saturated heterocycles. The number of ether oxygens (including phenoxy) is 2. The maximum Gasteiger partial charge on any atom is 0.234 e. The zero-order valence-electron chi connectivity index (χ0n) is 15.5. The molecule has 0 aliphatic heterocycles. The van der Waals surface area contributed by atoms with E-state index in [-0.39, 0.29) is 24.5 Å². The summed E-state index contributed by atoms with van der Waals surface area (Å²) in [4.78, 5) is 12.3. The predicted octanol–water partition coefficient (Wildman–Crippen LogP) is 3.89. The summed E-state index contributed by atoms with van der Waals surface area (Å²) in [5.41, 5.74) is 1.82. The Kier molecular flexibility index (Phi) is 7.30. The maximum atomic E-state index is 12.3. The molecular weight excluding hydrogens is 352 g/mol. The van der Waals surface area contributed by atoms with Crippen molar-refractivity contribution in [1.29, 1.82) is 0 Å². The van der Waals surface area contributed by atoms with Gasteiger partial charge in [0.2, 0.25) is 5.91 Å². The third-order valence-corrected chi connectivity index (χ3v) is 4.57. The maximum absolute atomic E-state index is 12.3. The smallest absolute Gasteiger partial charge is 0.234 e. The molecule has 0 fully saturated rings. The molecule has 6 heteroatoms. The van der Waals surface area contributed by atoms with Gasteiger partial charge in [-0.05, 0) is 43.7 Å². The van der Waals surface area contributed by atoms with E-state index in [1.165, 1.54) is 0 Å². The molecule has 2 atom stereocenters. The number of carbonyl (C=O) groups excluding carboxylic acids is 1. The van der Waals surface area contributed by atoms with E-state index >= 15 is 0 Å². The lowest BCUT2D eigenvalue weighted by molar-refractivity contribution is -0.121. The Bertz CT molecular complexity index is 752. The van der Waals surface area contributed by atoms with Gasteiger partial charge in [0.25, 0.3) is 0 Å². The molecule has 140 valence electrons. The second kappa shape index (κ2) is 9.46. The van der Waals surface area contributed by atoms with Gasteiger partial charge in [-0.3, -0.25) is 4.79 Å². The quantitative estimate of drug-likeness (QED) is 0.733. The minimum absolute atomic E-state index is 0.0314. The van der Waals surface area contributed by atoms with Gasteiger partial charge in [-0.2, -0.15) is 0 Å². The molecule has 0 heterocycles. The van der Waals surface area contributed by atoms with Gasteiger partial charge >= 0.3 is 0 Å². The zero-order valence-corrected chi connectivity index (χ0v) is 16.3. The molecule has 0 saturated carbocycles. The molecule has 0 bridgehead atoms. The van der Waals surface area contributed by atoms with Crippen LogP contribution in [-0.2, 0) is 4.79 Å².